The summed E-state index contributed by atoms with van der Waals surface area (Å²) < 4.78 is 2.06. The first-order valence-corrected chi connectivity index (χ1v) is 6.90. The van der Waals surface area contributed by atoms with Crippen molar-refractivity contribution < 1.29 is 4.92 Å². The van der Waals surface area contributed by atoms with Crippen molar-refractivity contribution in [2.24, 2.45) is 0 Å². The Morgan fingerprint density at radius 1 is 1.50 bits per heavy atom. The Balaban J connectivity index is 2.03. The van der Waals surface area contributed by atoms with Gasteiger partial charge in [-0.05, 0) is 19.4 Å². The smallest absolute Gasteiger partial charge is 0.270 e. The topological polar surface area (TPSA) is 88.0 Å². The average molecular weight is 299 g/mol. The minimum Gasteiger partial charge on any atom is -0.373 e. The molecular weight excluding hydrogens is 282 g/mol. The lowest BCUT2D eigenvalue weighted by molar-refractivity contribution is -0.384. The lowest BCUT2D eigenvalue weighted by atomic mass is 10.1. The second-order valence-corrected chi connectivity index (χ2v) is 5.01. The van der Waals surface area contributed by atoms with Crippen LogP contribution in [0.15, 0.2) is 30.6 Å². The molecule has 0 aliphatic heterocycles. The van der Waals surface area contributed by atoms with E-state index in [1.165, 1.54) is 12.1 Å². The van der Waals surface area contributed by atoms with Crippen molar-refractivity contribution in [2.45, 2.75) is 19.9 Å². The van der Waals surface area contributed by atoms with Crippen LogP contribution in [0.25, 0.3) is 0 Å². The minimum absolute atomic E-state index is 0.0669. The van der Waals surface area contributed by atoms with E-state index in [-0.39, 0.29) is 5.69 Å². The molecule has 0 amide bonds. The summed E-state index contributed by atoms with van der Waals surface area (Å²) in [7, 11) is 1.88. The van der Waals surface area contributed by atoms with E-state index >= 15 is 0 Å². The number of nitriles is 1. The Labute approximate surface area is 128 Å². The van der Waals surface area contributed by atoms with Crippen LogP contribution >= 0.6 is 0 Å². The zero-order valence-corrected chi connectivity index (χ0v) is 12.6. The molecule has 0 unspecified atom stereocenters. The number of hydrogen-bond acceptors (Lipinski definition) is 5. The number of nitro groups is 1. The van der Waals surface area contributed by atoms with Crippen LogP contribution in [0.3, 0.4) is 0 Å². The van der Waals surface area contributed by atoms with Crippen LogP contribution in [0.2, 0.25) is 0 Å². The highest BCUT2D eigenvalue weighted by Crippen LogP contribution is 2.24. The number of anilines is 1. The molecule has 22 heavy (non-hydrogen) atoms. The highest BCUT2D eigenvalue weighted by Gasteiger charge is 2.13. The first-order valence-electron chi connectivity index (χ1n) is 6.90. The predicted octanol–water partition coefficient (Wildman–Crippen LogP) is 2.50. The predicted molar refractivity (Wildman–Crippen MR) is 82.7 cm³/mol. The number of benzene rings is 1. The molecule has 0 aliphatic carbocycles. The Bertz CT molecular complexity index is 717. The van der Waals surface area contributed by atoms with Gasteiger partial charge in [0, 0.05) is 44.7 Å². The summed E-state index contributed by atoms with van der Waals surface area (Å²) in [6, 6.07) is 6.38. The van der Waals surface area contributed by atoms with Gasteiger partial charge in [0.15, 0.2) is 0 Å². The van der Waals surface area contributed by atoms with Crippen LogP contribution in [0.5, 0.6) is 0 Å². The van der Waals surface area contributed by atoms with E-state index < -0.39 is 4.92 Å². The molecule has 7 heteroatoms. The lowest BCUT2D eigenvalue weighted by Crippen LogP contribution is -2.21. The van der Waals surface area contributed by atoms with Gasteiger partial charge < -0.3 is 9.47 Å². The lowest BCUT2D eigenvalue weighted by Gasteiger charge is -2.20. The van der Waals surface area contributed by atoms with Crippen molar-refractivity contribution in [3.63, 3.8) is 0 Å². The molecule has 1 heterocycles. The number of rotatable bonds is 6. The maximum absolute atomic E-state index is 10.8. The molecule has 0 N–H and O–H groups in total. The monoisotopic (exact) mass is 299 g/mol. The van der Waals surface area contributed by atoms with E-state index in [0.29, 0.717) is 11.3 Å². The molecule has 2 aromatic rings. The average Bonchev–Trinajstić information content (AvgIpc) is 2.91. The summed E-state index contributed by atoms with van der Waals surface area (Å²) in [5.74, 6) is 0.968. The summed E-state index contributed by atoms with van der Waals surface area (Å²) in [6.45, 7) is 3.53. The van der Waals surface area contributed by atoms with Crippen LogP contribution in [0.1, 0.15) is 17.8 Å². The molecule has 7 nitrogen and oxygen atoms in total. The second kappa shape index (κ2) is 6.72. The summed E-state index contributed by atoms with van der Waals surface area (Å²) in [4.78, 5) is 16.4. The molecule has 0 spiro atoms. The van der Waals surface area contributed by atoms with E-state index in [4.69, 9.17) is 0 Å². The number of imidazole rings is 1. The minimum atomic E-state index is -0.494. The number of nitrogens with zero attached hydrogens (tertiary/aromatic N) is 5. The van der Waals surface area contributed by atoms with E-state index in [2.05, 4.69) is 9.55 Å². The first-order chi connectivity index (χ1) is 10.5. The molecule has 0 fully saturated rings. The molecule has 1 aromatic carbocycles. The number of hydrogen-bond donors (Lipinski definition) is 0. The third-order valence-electron chi connectivity index (χ3n) is 3.54. The maximum Gasteiger partial charge on any atom is 0.270 e. The Kier molecular flexibility index (Phi) is 4.73. The van der Waals surface area contributed by atoms with E-state index in [1.807, 2.05) is 31.1 Å². The normalized spacial score (nSPS) is 10.2. The van der Waals surface area contributed by atoms with Crippen molar-refractivity contribution in [3.8, 4) is 6.07 Å². The molecule has 0 atom stereocenters. The molecule has 0 aliphatic rings. The quantitative estimate of drug-likeness (QED) is 0.604. The molecule has 1 aromatic heterocycles. The summed E-state index contributed by atoms with van der Waals surface area (Å²) in [6.07, 6.45) is 4.58. The molecule has 2 rings (SSSR count). The number of non-ortho nitro benzene ring substituents is 1. The Hall–Kier alpha value is -2.88. The van der Waals surface area contributed by atoms with Gasteiger partial charge in [-0.25, -0.2) is 4.98 Å². The highest BCUT2D eigenvalue weighted by atomic mass is 16.6. The molecule has 0 saturated carbocycles. The molecule has 0 saturated heterocycles. The number of nitro benzene ring substituents is 1. The third kappa shape index (κ3) is 3.41. The maximum atomic E-state index is 10.8. The van der Waals surface area contributed by atoms with E-state index in [9.17, 15) is 15.4 Å². The largest absolute Gasteiger partial charge is 0.373 e. The number of aryl methyl sites for hydroxylation is 2. The van der Waals surface area contributed by atoms with Gasteiger partial charge in [-0.1, -0.05) is 0 Å². The standard InChI is InChI=1S/C15H17N5O2/c1-12-17-6-9-19(12)8-3-7-18(2)15-5-4-14(20(21)22)10-13(15)11-16/h4-6,9-10H,3,7-8H2,1-2H3. The fraction of sp³-hybridized carbons (Fsp3) is 0.333. The van der Waals surface area contributed by atoms with Gasteiger partial charge in [0.25, 0.3) is 5.69 Å². The van der Waals surface area contributed by atoms with Crippen LogP contribution in [0.4, 0.5) is 11.4 Å². The zero-order valence-electron chi connectivity index (χ0n) is 12.6. The highest BCUT2D eigenvalue weighted by molar-refractivity contribution is 5.62. The zero-order chi connectivity index (χ0) is 16.1. The van der Waals surface area contributed by atoms with E-state index in [1.54, 1.807) is 12.3 Å². The SMILES string of the molecule is Cc1nccn1CCCN(C)c1ccc([N+](=O)[O-])cc1C#N. The van der Waals surface area contributed by atoms with Crippen LogP contribution < -0.4 is 4.90 Å². The van der Waals surface area contributed by atoms with Crippen molar-refractivity contribution in [1.82, 2.24) is 9.55 Å². The van der Waals surface area contributed by atoms with Crippen LogP contribution in [-0.2, 0) is 6.54 Å². The summed E-state index contributed by atoms with van der Waals surface area (Å²) in [5.41, 5.74) is 0.953. The van der Waals surface area contributed by atoms with Crippen LogP contribution in [-0.4, -0.2) is 28.1 Å². The van der Waals surface area contributed by atoms with Crippen molar-refractivity contribution in [3.05, 3.63) is 52.1 Å². The Morgan fingerprint density at radius 3 is 2.86 bits per heavy atom. The second-order valence-electron chi connectivity index (χ2n) is 5.01. The first kappa shape index (κ1) is 15.5. The van der Waals surface area contributed by atoms with Crippen molar-refractivity contribution in [2.75, 3.05) is 18.5 Å². The number of aromatic nitrogens is 2. The van der Waals surface area contributed by atoms with Gasteiger partial charge in [0.2, 0.25) is 0 Å². The Morgan fingerprint density at radius 2 is 2.27 bits per heavy atom. The fourth-order valence-electron chi connectivity index (χ4n) is 2.30. The van der Waals surface area contributed by atoms with Gasteiger partial charge in [0.05, 0.1) is 16.2 Å². The van der Waals surface area contributed by atoms with Gasteiger partial charge >= 0.3 is 0 Å². The van der Waals surface area contributed by atoms with Gasteiger partial charge in [-0.3, -0.25) is 10.1 Å². The fourth-order valence-corrected chi connectivity index (χ4v) is 2.30. The third-order valence-corrected chi connectivity index (χ3v) is 3.54. The summed E-state index contributed by atoms with van der Waals surface area (Å²) in [5, 5.41) is 19.9. The summed E-state index contributed by atoms with van der Waals surface area (Å²) >= 11 is 0. The molecule has 114 valence electrons. The molecular formula is C15H17N5O2. The molecule has 0 bridgehead atoms. The van der Waals surface area contributed by atoms with Gasteiger partial charge in [0.1, 0.15) is 11.9 Å². The molecule has 0 radical (unpaired) electrons. The van der Waals surface area contributed by atoms with Crippen molar-refractivity contribution >= 4 is 11.4 Å². The van der Waals surface area contributed by atoms with E-state index in [0.717, 1.165) is 25.3 Å². The van der Waals surface area contributed by atoms with Gasteiger partial charge in [-0.15, -0.1) is 0 Å². The van der Waals surface area contributed by atoms with Crippen LogP contribution in [0, 0.1) is 28.4 Å². The van der Waals surface area contributed by atoms with Crippen molar-refractivity contribution in [1.29, 1.82) is 5.26 Å². The van der Waals surface area contributed by atoms with Gasteiger partial charge in [-0.2, -0.15) is 5.26 Å².